The van der Waals surface area contributed by atoms with E-state index in [1.165, 1.54) is 71.8 Å². The molecular formula is C60H38N2O2. The van der Waals surface area contributed by atoms with E-state index in [0.717, 1.165) is 61.7 Å². The van der Waals surface area contributed by atoms with Crippen molar-refractivity contribution < 1.29 is 8.83 Å². The van der Waals surface area contributed by atoms with E-state index in [4.69, 9.17) is 8.83 Å². The number of hydrogen-bond donors (Lipinski definition) is 0. The molecule has 0 N–H and O–H groups in total. The van der Waals surface area contributed by atoms with Crippen LogP contribution in [0.2, 0.25) is 0 Å². The zero-order valence-corrected chi connectivity index (χ0v) is 34.7. The average molecular weight is 819 g/mol. The van der Waals surface area contributed by atoms with Gasteiger partial charge in [0, 0.05) is 60.7 Å². The van der Waals surface area contributed by atoms with E-state index in [9.17, 15) is 0 Å². The maximum Gasteiger partial charge on any atom is 0.135 e. The molecule has 0 aliphatic heterocycles. The first-order valence-electron chi connectivity index (χ1n) is 22.1. The summed E-state index contributed by atoms with van der Waals surface area (Å²) >= 11 is 0. The molecule has 4 nitrogen and oxygen atoms in total. The van der Waals surface area contributed by atoms with Crippen LogP contribution in [0, 0.1) is 0 Å². The lowest BCUT2D eigenvalue weighted by atomic mass is 9.86. The van der Waals surface area contributed by atoms with Gasteiger partial charge in [0.15, 0.2) is 0 Å². The lowest BCUT2D eigenvalue weighted by Gasteiger charge is -2.19. The van der Waals surface area contributed by atoms with Gasteiger partial charge in [0.25, 0.3) is 0 Å². The third-order valence-corrected chi connectivity index (χ3v) is 13.7. The molecule has 0 amide bonds. The predicted octanol–water partition coefficient (Wildman–Crippen LogP) is 16.2. The fraction of sp³-hybridized carbons (Fsp3) is 0.0333. The van der Waals surface area contributed by atoms with Gasteiger partial charge in [0.1, 0.15) is 22.3 Å². The van der Waals surface area contributed by atoms with Gasteiger partial charge in [0.2, 0.25) is 0 Å². The number of hydrogen-bond acceptors (Lipinski definition) is 2. The molecule has 13 aromatic rings. The lowest BCUT2D eigenvalue weighted by Crippen LogP contribution is -2.07. The van der Waals surface area contributed by atoms with Crippen LogP contribution in [0.25, 0.3) is 116 Å². The SMILES string of the molecule is C1=CC(c2ccccc2)Cc2c1n(-c1ccc3oc4ccccc4c3c1)c1ccc(-c3ccc4c(c3)c3cc(-c5ccccc5)ccc3n4-c3ccc4oc5ccccc5c4c3)cc21. The van der Waals surface area contributed by atoms with Crippen molar-refractivity contribution in [3.63, 3.8) is 0 Å². The van der Waals surface area contributed by atoms with Crippen LogP contribution >= 0.6 is 0 Å². The van der Waals surface area contributed by atoms with Crippen molar-refractivity contribution in [1.29, 1.82) is 0 Å². The van der Waals surface area contributed by atoms with Gasteiger partial charge in [0.05, 0.1) is 16.6 Å². The molecule has 0 radical (unpaired) electrons. The second-order valence-electron chi connectivity index (χ2n) is 17.2. The zero-order valence-electron chi connectivity index (χ0n) is 34.7. The zero-order chi connectivity index (χ0) is 41.9. The third kappa shape index (κ3) is 5.29. The van der Waals surface area contributed by atoms with Crippen molar-refractivity contribution in [3.8, 4) is 33.6 Å². The molecule has 4 heterocycles. The summed E-state index contributed by atoms with van der Waals surface area (Å²) in [5.74, 6) is 0.289. The van der Waals surface area contributed by atoms with Crippen molar-refractivity contribution in [2.24, 2.45) is 0 Å². The largest absolute Gasteiger partial charge is 0.456 e. The van der Waals surface area contributed by atoms with Gasteiger partial charge in [-0.05, 0) is 131 Å². The van der Waals surface area contributed by atoms with Gasteiger partial charge in [-0.3, -0.25) is 0 Å². The van der Waals surface area contributed by atoms with Crippen molar-refractivity contribution in [2.75, 3.05) is 0 Å². The summed E-state index contributed by atoms with van der Waals surface area (Å²) in [6, 6.07) is 72.5. The van der Waals surface area contributed by atoms with Crippen molar-refractivity contribution in [1.82, 2.24) is 9.13 Å². The fourth-order valence-corrected chi connectivity index (χ4v) is 10.6. The monoisotopic (exact) mass is 818 g/mol. The fourth-order valence-electron chi connectivity index (χ4n) is 10.6. The van der Waals surface area contributed by atoms with Gasteiger partial charge in [-0.25, -0.2) is 0 Å². The molecule has 4 aromatic heterocycles. The molecule has 1 unspecified atom stereocenters. The van der Waals surface area contributed by atoms with Gasteiger partial charge < -0.3 is 18.0 Å². The number of nitrogens with zero attached hydrogens (tertiary/aromatic N) is 2. The molecule has 0 saturated carbocycles. The molecule has 0 spiro atoms. The highest BCUT2D eigenvalue weighted by Crippen LogP contribution is 2.43. The number of aromatic nitrogens is 2. The number of para-hydroxylation sites is 2. The van der Waals surface area contributed by atoms with Crippen molar-refractivity contribution in [3.05, 3.63) is 223 Å². The quantitative estimate of drug-likeness (QED) is 0.173. The molecule has 1 atom stereocenters. The maximum atomic E-state index is 6.27. The number of furan rings is 2. The van der Waals surface area contributed by atoms with E-state index < -0.39 is 0 Å². The highest BCUT2D eigenvalue weighted by atomic mass is 16.3. The Kier molecular flexibility index (Phi) is 7.48. The van der Waals surface area contributed by atoms with E-state index >= 15 is 0 Å². The highest BCUT2D eigenvalue weighted by Gasteiger charge is 2.25. The molecule has 300 valence electrons. The first-order valence-corrected chi connectivity index (χ1v) is 22.1. The first-order chi connectivity index (χ1) is 31.7. The van der Waals surface area contributed by atoms with Crippen LogP contribution in [-0.4, -0.2) is 9.13 Å². The van der Waals surface area contributed by atoms with Crippen LogP contribution in [0.4, 0.5) is 0 Å². The molecule has 1 aliphatic carbocycles. The molecular weight excluding hydrogens is 781 g/mol. The van der Waals surface area contributed by atoms with E-state index in [0.29, 0.717) is 0 Å². The summed E-state index contributed by atoms with van der Waals surface area (Å²) < 4.78 is 17.4. The molecule has 64 heavy (non-hydrogen) atoms. The number of allylic oxidation sites excluding steroid dienone is 1. The van der Waals surface area contributed by atoms with Gasteiger partial charge in [-0.15, -0.1) is 0 Å². The molecule has 14 rings (SSSR count). The Hall–Kier alpha value is -8.34. The minimum atomic E-state index is 0.289. The summed E-state index contributed by atoms with van der Waals surface area (Å²) in [6.45, 7) is 0. The second-order valence-corrected chi connectivity index (χ2v) is 17.2. The number of rotatable bonds is 5. The Morgan fingerprint density at radius 1 is 0.359 bits per heavy atom. The van der Waals surface area contributed by atoms with E-state index in [-0.39, 0.29) is 5.92 Å². The van der Waals surface area contributed by atoms with Crippen LogP contribution in [0.15, 0.2) is 215 Å². The Morgan fingerprint density at radius 3 is 1.45 bits per heavy atom. The van der Waals surface area contributed by atoms with Crippen LogP contribution in [0.3, 0.4) is 0 Å². The normalized spacial score (nSPS) is 14.0. The topological polar surface area (TPSA) is 36.1 Å². The van der Waals surface area contributed by atoms with Gasteiger partial charge in [-0.2, -0.15) is 0 Å². The molecule has 4 heteroatoms. The Bertz CT molecular complexity index is 4050. The summed E-state index contributed by atoms with van der Waals surface area (Å²) in [5, 5.41) is 8.23. The summed E-state index contributed by atoms with van der Waals surface area (Å²) in [6.07, 6.45) is 5.66. The Morgan fingerprint density at radius 2 is 0.844 bits per heavy atom. The smallest absolute Gasteiger partial charge is 0.135 e. The minimum absolute atomic E-state index is 0.289. The van der Waals surface area contributed by atoms with E-state index in [2.05, 4.69) is 203 Å². The standard InChI is InChI=1S/C60H38N2O2/c1-3-11-37(12-4-1)39-19-25-53-47(31-39)49-33-41(21-27-55(49)61(53)43-23-29-59-51(35-43)45-15-7-9-17-57(45)63-59)42-22-28-56-50(34-42)48-32-40(38-13-5-2-6-14-38)20-26-54(48)62(56)44-24-30-60-52(36-44)46-16-8-10-18-58(46)64-60/h1-31,33-36,40H,32H2. The maximum absolute atomic E-state index is 6.27. The number of fused-ring (bicyclic) bond motifs is 12. The van der Waals surface area contributed by atoms with Crippen LogP contribution in [0.5, 0.6) is 0 Å². The summed E-state index contributed by atoms with van der Waals surface area (Å²) in [4.78, 5) is 0. The summed E-state index contributed by atoms with van der Waals surface area (Å²) in [7, 11) is 0. The van der Waals surface area contributed by atoms with Crippen LogP contribution < -0.4 is 0 Å². The van der Waals surface area contributed by atoms with E-state index in [1.807, 2.05) is 18.2 Å². The van der Waals surface area contributed by atoms with Gasteiger partial charge in [-0.1, -0.05) is 121 Å². The molecule has 9 aromatic carbocycles. The highest BCUT2D eigenvalue weighted by molar-refractivity contribution is 6.13. The molecule has 0 bridgehead atoms. The van der Waals surface area contributed by atoms with E-state index in [1.54, 1.807) is 0 Å². The van der Waals surface area contributed by atoms with Gasteiger partial charge >= 0.3 is 0 Å². The Labute approximate surface area is 368 Å². The average Bonchev–Trinajstić information content (AvgIpc) is 4.11. The second kappa shape index (κ2) is 13.6. The summed E-state index contributed by atoms with van der Waals surface area (Å²) in [5.41, 5.74) is 18.1. The molecule has 0 saturated heterocycles. The predicted molar refractivity (Wildman–Crippen MR) is 265 cm³/mol. The Balaban J connectivity index is 0.967. The lowest BCUT2D eigenvalue weighted by molar-refractivity contribution is 0.668. The molecule has 0 fully saturated rings. The first kappa shape index (κ1) is 35.3. The minimum Gasteiger partial charge on any atom is -0.456 e. The molecule has 1 aliphatic rings. The van der Waals surface area contributed by atoms with Crippen LogP contribution in [0.1, 0.15) is 22.7 Å². The van der Waals surface area contributed by atoms with Crippen molar-refractivity contribution >= 4 is 82.7 Å². The van der Waals surface area contributed by atoms with Crippen molar-refractivity contribution in [2.45, 2.75) is 12.3 Å². The third-order valence-electron chi connectivity index (χ3n) is 13.7. The number of benzene rings is 9. The van der Waals surface area contributed by atoms with Crippen LogP contribution in [-0.2, 0) is 6.42 Å².